The standard InChI is InChI=1S/C21H19FN4O/c22-17-9-15(12-23)10-18(11-17)26-8-4-6-20-19(14-26)25-21(27-20)16-5-2-1-3-7-24-13-16/h3,5,7,9-11,13H,1-2,4,6,8,14H2/b7-3-,16-5+,24-13+. The Hall–Kier alpha value is -3.20. The number of oxazole rings is 1. The number of allylic oxidation sites excluding steroid dienone is 3. The molecule has 0 N–H and O–H groups in total. The van der Waals surface area contributed by atoms with Crippen LogP contribution in [0.3, 0.4) is 0 Å². The van der Waals surface area contributed by atoms with Crippen molar-refractivity contribution in [2.24, 2.45) is 4.99 Å². The first kappa shape index (κ1) is 17.2. The van der Waals surface area contributed by atoms with E-state index in [1.165, 1.54) is 12.1 Å². The van der Waals surface area contributed by atoms with Crippen molar-refractivity contribution in [1.29, 1.82) is 5.26 Å². The van der Waals surface area contributed by atoms with Crippen molar-refractivity contribution in [2.75, 3.05) is 11.4 Å². The summed E-state index contributed by atoms with van der Waals surface area (Å²) in [7, 11) is 0. The number of fused-ring (bicyclic) bond motifs is 1. The zero-order valence-electron chi connectivity index (χ0n) is 14.9. The van der Waals surface area contributed by atoms with Gasteiger partial charge < -0.3 is 9.32 Å². The fraction of sp³-hybridized carbons (Fsp3) is 0.286. The molecule has 0 fully saturated rings. The second-order valence-electron chi connectivity index (χ2n) is 6.62. The first-order valence-corrected chi connectivity index (χ1v) is 9.06. The van der Waals surface area contributed by atoms with Gasteiger partial charge in [0, 0.05) is 31.1 Å². The lowest BCUT2D eigenvalue weighted by atomic mass is 10.2. The van der Waals surface area contributed by atoms with E-state index in [-0.39, 0.29) is 0 Å². The van der Waals surface area contributed by atoms with E-state index in [1.807, 2.05) is 17.0 Å². The van der Waals surface area contributed by atoms with Gasteiger partial charge in [0.15, 0.2) is 0 Å². The fourth-order valence-electron chi connectivity index (χ4n) is 3.35. The molecule has 3 heterocycles. The third-order valence-electron chi connectivity index (χ3n) is 4.68. The number of benzene rings is 1. The van der Waals surface area contributed by atoms with Crippen LogP contribution in [0, 0.1) is 17.1 Å². The summed E-state index contributed by atoms with van der Waals surface area (Å²) in [5, 5.41) is 9.10. The van der Waals surface area contributed by atoms with E-state index in [2.05, 4.69) is 11.1 Å². The highest BCUT2D eigenvalue weighted by molar-refractivity contribution is 6.08. The maximum atomic E-state index is 13.8. The predicted octanol–water partition coefficient (Wildman–Crippen LogP) is 4.40. The van der Waals surface area contributed by atoms with Crippen LogP contribution in [0.5, 0.6) is 0 Å². The lowest BCUT2D eigenvalue weighted by molar-refractivity contribution is 0.489. The number of hydrogen-bond donors (Lipinski definition) is 0. The number of nitriles is 1. The van der Waals surface area contributed by atoms with Crippen LogP contribution < -0.4 is 4.90 Å². The molecule has 6 heteroatoms. The van der Waals surface area contributed by atoms with Crippen molar-refractivity contribution in [2.45, 2.75) is 32.2 Å². The Kier molecular flexibility index (Phi) is 4.84. The molecule has 0 amide bonds. The Balaban J connectivity index is 1.63. The number of halogens is 1. The molecule has 0 atom stereocenters. The first-order valence-electron chi connectivity index (χ1n) is 9.06. The van der Waals surface area contributed by atoms with Crippen LogP contribution in [-0.4, -0.2) is 17.7 Å². The lowest BCUT2D eigenvalue weighted by Crippen LogP contribution is -2.23. The minimum Gasteiger partial charge on any atom is -0.441 e. The van der Waals surface area contributed by atoms with Crippen LogP contribution in [0.15, 0.2) is 46.0 Å². The van der Waals surface area contributed by atoms with Crippen molar-refractivity contribution in [3.8, 4) is 6.07 Å². The lowest BCUT2D eigenvalue weighted by Gasteiger charge is -2.22. The topological polar surface area (TPSA) is 65.4 Å². The summed E-state index contributed by atoms with van der Waals surface area (Å²) in [6, 6.07) is 6.43. The number of aryl methyl sites for hydroxylation is 1. The summed E-state index contributed by atoms with van der Waals surface area (Å²) >= 11 is 0. The van der Waals surface area contributed by atoms with Crippen molar-refractivity contribution < 1.29 is 8.81 Å². The molecule has 0 radical (unpaired) electrons. The minimum absolute atomic E-state index is 0.319. The molecular weight excluding hydrogens is 343 g/mol. The van der Waals surface area contributed by atoms with Crippen LogP contribution in [0.1, 0.15) is 42.2 Å². The number of hydrogen-bond acceptors (Lipinski definition) is 5. The van der Waals surface area contributed by atoms with Crippen LogP contribution in [0.4, 0.5) is 10.1 Å². The van der Waals surface area contributed by atoms with Gasteiger partial charge in [-0.25, -0.2) is 9.37 Å². The molecular formula is C21H19FN4O. The second kappa shape index (κ2) is 7.58. The van der Waals surface area contributed by atoms with Gasteiger partial charge in [0.1, 0.15) is 17.3 Å². The summed E-state index contributed by atoms with van der Waals surface area (Å²) in [6.07, 6.45) is 11.2. The smallest absolute Gasteiger partial charge is 0.227 e. The Morgan fingerprint density at radius 2 is 2.15 bits per heavy atom. The van der Waals surface area contributed by atoms with Gasteiger partial charge in [-0.1, -0.05) is 12.2 Å². The highest BCUT2D eigenvalue weighted by atomic mass is 19.1. The van der Waals surface area contributed by atoms with E-state index in [4.69, 9.17) is 14.7 Å². The van der Waals surface area contributed by atoms with Gasteiger partial charge in [-0.2, -0.15) is 5.26 Å². The summed E-state index contributed by atoms with van der Waals surface area (Å²) in [4.78, 5) is 11.0. The zero-order valence-corrected chi connectivity index (χ0v) is 14.9. The largest absolute Gasteiger partial charge is 0.441 e. The molecule has 4 rings (SSSR count). The summed E-state index contributed by atoms with van der Waals surface area (Å²) in [6.45, 7) is 1.28. The fourth-order valence-corrected chi connectivity index (χ4v) is 3.35. The molecule has 0 spiro atoms. The van der Waals surface area contributed by atoms with E-state index in [0.717, 1.165) is 49.3 Å². The van der Waals surface area contributed by atoms with Crippen LogP contribution >= 0.6 is 0 Å². The molecule has 5 nitrogen and oxygen atoms in total. The maximum absolute atomic E-state index is 13.8. The molecule has 136 valence electrons. The third-order valence-corrected chi connectivity index (χ3v) is 4.68. The second-order valence-corrected chi connectivity index (χ2v) is 6.62. The Bertz CT molecular complexity index is 981. The van der Waals surface area contributed by atoms with Gasteiger partial charge >= 0.3 is 0 Å². The summed E-state index contributed by atoms with van der Waals surface area (Å²) < 4.78 is 19.9. The van der Waals surface area contributed by atoms with Gasteiger partial charge in [-0.05, 0) is 37.5 Å². The van der Waals surface area contributed by atoms with Gasteiger partial charge in [0.05, 0.1) is 23.8 Å². The van der Waals surface area contributed by atoms with E-state index in [9.17, 15) is 4.39 Å². The Morgan fingerprint density at radius 3 is 3.04 bits per heavy atom. The number of nitrogens with zero attached hydrogens (tertiary/aromatic N) is 4. The highest BCUT2D eigenvalue weighted by Crippen LogP contribution is 2.27. The molecule has 0 unspecified atom stereocenters. The van der Waals surface area contributed by atoms with Crippen LogP contribution in [0.25, 0.3) is 5.57 Å². The molecule has 1 aromatic heterocycles. The number of aromatic nitrogens is 1. The van der Waals surface area contributed by atoms with E-state index in [0.29, 0.717) is 23.7 Å². The summed E-state index contributed by atoms with van der Waals surface area (Å²) in [5.74, 6) is 1.05. The summed E-state index contributed by atoms with van der Waals surface area (Å²) in [5.41, 5.74) is 2.76. The number of rotatable bonds is 2. The number of anilines is 1. The molecule has 1 aromatic carbocycles. The van der Waals surface area contributed by atoms with E-state index >= 15 is 0 Å². The monoisotopic (exact) mass is 362 g/mol. The predicted molar refractivity (Wildman–Crippen MR) is 102 cm³/mol. The van der Waals surface area contributed by atoms with Crippen molar-refractivity contribution in [3.63, 3.8) is 0 Å². The molecule has 0 aliphatic carbocycles. The van der Waals surface area contributed by atoms with Gasteiger partial charge in [-0.15, -0.1) is 0 Å². The quantitative estimate of drug-likeness (QED) is 0.794. The molecule has 2 aliphatic heterocycles. The van der Waals surface area contributed by atoms with Gasteiger partial charge in [0.2, 0.25) is 5.89 Å². The van der Waals surface area contributed by atoms with Gasteiger partial charge in [0.25, 0.3) is 0 Å². The minimum atomic E-state index is -0.404. The zero-order chi connectivity index (χ0) is 18.6. The molecule has 0 saturated carbocycles. The van der Waals surface area contributed by atoms with Crippen LogP contribution in [-0.2, 0) is 13.0 Å². The van der Waals surface area contributed by atoms with Crippen molar-refractivity contribution in [3.05, 3.63) is 65.3 Å². The van der Waals surface area contributed by atoms with Crippen molar-refractivity contribution in [1.82, 2.24) is 4.98 Å². The number of aliphatic imine (C=N–C) groups is 1. The third kappa shape index (κ3) is 3.82. The molecule has 27 heavy (non-hydrogen) atoms. The van der Waals surface area contributed by atoms with Gasteiger partial charge in [-0.3, -0.25) is 4.99 Å². The SMILES string of the molecule is N#Cc1cc(F)cc(N2CCCc3oc(C4=C\CC\C=C/N=C/4)nc3C2)c1. The Labute approximate surface area is 157 Å². The highest BCUT2D eigenvalue weighted by Gasteiger charge is 2.22. The molecule has 2 aliphatic rings. The van der Waals surface area contributed by atoms with Crippen LogP contribution in [0.2, 0.25) is 0 Å². The van der Waals surface area contributed by atoms with Crippen molar-refractivity contribution >= 4 is 17.5 Å². The van der Waals surface area contributed by atoms with E-state index in [1.54, 1.807) is 18.5 Å². The normalized spacial score (nSPS) is 21.0. The molecule has 0 saturated heterocycles. The first-order chi connectivity index (χ1) is 13.2. The molecule has 0 bridgehead atoms. The van der Waals surface area contributed by atoms with E-state index < -0.39 is 5.82 Å². The molecule has 2 aromatic rings. The Morgan fingerprint density at radius 1 is 1.22 bits per heavy atom. The maximum Gasteiger partial charge on any atom is 0.227 e. The average Bonchev–Trinajstić information content (AvgIpc) is 2.92. The average molecular weight is 362 g/mol.